The molecule has 0 radical (unpaired) electrons. The number of rotatable bonds is 5. The summed E-state index contributed by atoms with van der Waals surface area (Å²) in [5, 5.41) is 3.54. The van der Waals surface area contributed by atoms with E-state index in [0.717, 1.165) is 45.2 Å². The highest BCUT2D eigenvalue weighted by Gasteiger charge is 2.42. The van der Waals surface area contributed by atoms with Crippen LogP contribution in [-0.4, -0.2) is 54.1 Å². The second-order valence-corrected chi connectivity index (χ2v) is 5.76. The van der Waals surface area contributed by atoms with E-state index in [2.05, 4.69) is 36.0 Å². The Balaban J connectivity index is 2.06. The van der Waals surface area contributed by atoms with Crippen molar-refractivity contribution >= 4 is 5.91 Å². The topological polar surface area (TPSA) is 35.6 Å². The molecule has 0 aromatic rings. The molecule has 2 aliphatic heterocycles. The number of carbonyl (C=O) groups is 1. The van der Waals surface area contributed by atoms with E-state index in [1.807, 2.05) is 0 Å². The Morgan fingerprint density at radius 2 is 2.00 bits per heavy atom. The molecule has 4 heteroatoms. The molecule has 18 heavy (non-hydrogen) atoms. The van der Waals surface area contributed by atoms with Crippen LogP contribution in [0.3, 0.4) is 0 Å². The summed E-state index contributed by atoms with van der Waals surface area (Å²) in [4.78, 5) is 17.0. The molecule has 0 bridgehead atoms. The molecule has 2 heterocycles. The summed E-state index contributed by atoms with van der Waals surface area (Å²) in [5.41, 5.74) is 0. The average molecular weight is 253 g/mol. The van der Waals surface area contributed by atoms with Gasteiger partial charge in [-0.05, 0) is 32.9 Å². The molecule has 4 nitrogen and oxygen atoms in total. The molecule has 0 aliphatic carbocycles. The number of hydrogen-bond donors (Lipinski definition) is 1. The van der Waals surface area contributed by atoms with E-state index in [1.165, 1.54) is 0 Å². The van der Waals surface area contributed by atoms with Crippen LogP contribution in [0.25, 0.3) is 0 Å². The normalized spacial score (nSPS) is 33.6. The van der Waals surface area contributed by atoms with E-state index in [0.29, 0.717) is 11.9 Å². The Kier molecular flexibility index (Phi) is 4.62. The Hall–Kier alpha value is -0.610. The van der Waals surface area contributed by atoms with Gasteiger partial charge < -0.3 is 9.80 Å². The maximum absolute atomic E-state index is 12.5. The summed E-state index contributed by atoms with van der Waals surface area (Å²) in [7, 11) is 2.15. The standard InChI is InChI=1S/C14H27N3O/c1-4-6-12-14(18)17(13(15-12)7-5-2)11-8-9-16(3)10-11/h11-13,15H,4-10H2,1-3H3. The highest BCUT2D eigenvalue weighted by molar-refractivity contribution is 5.84. The van der Waals surface area contributed by atoms with E-state index in [9.17, 15) is 4.79 Å². The molecule has 3 atom stereocenters. The van der Waals surface area contributed by atoms with Crippen LogP contribution in [0.5, 0.6) is 0 Å². The van der Waals surface area contributed by atoms with Gasteiger partial charge in [-0.3, -0.25) is 10.1 Å². The van der Waals surface area contributed by atoms with Gasteiger partial charge in [0.25, 0.3) is 0 Å². The van der Waals surface area contributed by atoms with Crippen molar-refractivity contribution in [3.63, 3.8) is 0 Å². The van der Waals surface area contributed by atoms with Crippen molar-refractivity contribution in [1.82, 2.24) is 15.1 Å². The lowest BCUT2D eigenvalue weighted by Gasteiger charge is -2.30. The van der Waals surface area contributed by atoms with Crippen LogP contribution in [0.15, 0.2) is 0 Å². The molecule has 2 aliphatic rings. The summed E-state index contributed by atoms with van der Waals surface area (Å²) in [6.45, 7) is 6.49. The van der Waals surface area contributed by atoms with Crippen LogP contribution in [0.1, 0.15) is 46.0 Å². The fourth-order valence-corrected chi connectivity index (χ4v) is 3.28. The van der Waals surface area contributed by atoms with Gasteiger partial charge in [-0.1, -0.05) is 26.7 Å². The van der Waals surface area contributed by atoms with Crippen LogP contribution in [-0.2, 0) is 4.79 Å². The fraction of sp³-hybridized carbons (Fsp3) is 0.929. The molecule has 2 rings (SSSR count). The van der Waals surface area contributed by atoms with Crippen LogP contribution >= 0.6 is 0 Å². The molecule has 2 saturated heterocycles. The molecule has 0 saturated carbocycles. The van der Waals surface area contributed by atoms with E-state index in [1.54, 1.807) is 0 Å². The molecule has 0 aromatic heterocycles. The third-order valence-corrected chi connectivity index (χ3v) is 4.18. The van der Waals surface area contributed by atoms with Crippen LogP contribution < -0.4 is 5.32 Å². The van der Waals surface area contributed by atoms with E-state index >= 15 is 0 Å². The number of carbonyl (C=O) groups excluding carboxylic acids is 1. The van der Waals surface area contributed by atoms with Gasteiger partial charge in [0.15, 0.2) is 0 Å². The number of likely N-dealkylation sites (N-methyl/N-ethyl adjacent to an activating group) is 1. The monoisotopic (exact) mass is 253 g/mol. The van der Waals surface area contributed by atoms with Gasteiger partial charge in [0.2, 0.25) is 5.91 Å². The Morgan fingerprint density at radius 3 is 2.56 bits per heavy atom. The Labute approximate surface area is 111 Å². The van der Waals surface area contributed by atoms with Crippen molar-refractivity contribution < 1.29 is 4.79 Å². The van der Waals surface area contributed by atoms with E-state index < -0.39 is 0 Å². The lowest BCUT2D eigenvalue weighted by Crippen LogP contribution is -2.45. The number of likely N-dealkylation sites (tertiary alicyclic amines) is 1. The third-order valence-electron chi connectivity index (χ3n) is 4.18. The van der Waals surface area contributed by atoms with Crippen LogP contribution in [0.2, 0.25) is 0 Å². The minimum absolute atomic E-state index is 0.0671. The van der Waals surface area contributed by atoms with Crippen LogP contribution in [0, 0.1) is 0 Å². The molecule has 104 valence electrons. The summed E-state index contributed by atoms with van der Waals surface area (Å²) < 4.78 is 0. The third kappa shape index (κ3) is 2.69. The highest BCUT2D eigenvalue weighted by atomic mass is 16.2. The fourth-order valence-electron chi connectivity index (χ4n) is 3.28. The first-order valence-electron chi connectivity index (χ1n) is 7.44. The quantitative estimate of drug-likeness (QED) is 0.805. The smallest absolute Gasteiger partial charge is 0.241 e. The first-order valence-corrected chi connectivity index (χ1v) is 7.44. The molecular formula is C14H27N3O. The van der Waals surface area contributed by atoms with Gasteiger partial charge in [-0.25, -0.2) is 0 Å². The molecule has 0 aromatic carbocycles. The zero-order chi connectivity index (χ0) is 13.1. The zero-order valence-electron chi connectivity index (χ0n) is 12.0. The minimum atomic E-state index is 0.0671. The molecule has 3 unspecified atom stereocenters. The average Bonchev–Trinajstić information content (AvgIpc) is 2.86. The molecule has 1 N–H and O–H groups in total. The minimum Gasteiger partial charge on any atom is -0.321 e. The Bertz CT molecular complexity index is 295. The van der Waals surface area contributed by atoms with Crippen molar-refractivity contribution in [2.24, 2.45) is 0 Å². The molecule has 1 amide bonds. The van der Waals surface area contributed by atoms with E-state index in [4.69, 9.17) is 0 Å². The summed E-state index contributed by atoms with van der Waals surface area (Å²) in [6.07, 6.45) is 5.65. The van der Waals surface area contributed by atoms with Gasteiger partial charge >= 0.3 is 0 Å². The zero-order valence-corrected chi connectivity index (χ0v) is 12.0. The second-order valence-electron chi connectivity index (χ2n) is 5.76. The number of amides is 1. The highest BCUT2D eigenvalue weighted by Crippen LogP contribution is 2.25. The summed E-state index contributed by atoms with van der Waals surface area (Å²) in [6, 6.07) is 0.492. The summed E-state index contributed by atoms with van der Waals surface area (Å²) in [5.74, 6) is 0.343. The maximum atomic E-state index is 12.5. The lowest BCUT2D eigenvalue weighted by molar-refractivity contribution is -0.132. The first-order chi connectivity index (χ1) is 8.67. The predicted molar refractivity (Wildman–Crippen MR) is 73.3 cm³/mol. The number of hydrogen-bond acceptors (Lipinski definition) is 3. The van der Waals surface area contributed by atoms with Gasteiger partial charge in [0.1, 0.15) is 0 Å². The SMILES string of the molecule is CCCC1NC(CCC)N(C2CCN(C)C2)C1=O. The number of nitrogens with one attached hydrogen (secondary N) is 1. The van der Waals surface area contributed by atoms with E-state index in [-0.39, 0.29) is 12.2 Å². The summed E-state index contributed by atoms with van der Waals surface area (Å²) >= 11 is 0. The van der Waals surface area contributed by atoms with Gasteiger partial charge in [-0.15, -0.1) is 0 Å². The Morgan fingerprint density at radius 1 is 1.28 bits per heavy atom. The lowest BCUT2D eigenvalue weighted by atomic mass is 10.1. The van der Waals surface area contributed by atoms with Crippen LogP contribution in [0.4, 0.5) is 0 Å². The van der Waals surface area contributed by atoms with Crippen molar-refractivity contribution in [1.29, 1.82) is 0 Å². The number of nitrogens with zero attached hydrogens (tertiary/aromatic N) is 2. The van der Waals surface area contributed by atoms with Gasteiger partial charge in [0, 0.05) is 12.6 Å². The van der Waals surface area contributed by atoms with Gasteiger partial charge in [-0.2, -0.15) is 0 Å². The molecule has 2 fully saturated rings. The van der Waals surface area contributed by atoms with Gasteiger partial charge in [0.05, 0.1) is 12.2 Å². The second kappa shape index (κ2) is 6.02. The molecular weight excluding hydrogens is 226 g/mol. The van der Waals surface area contributed by atoms with Crippen molar-refractivity contribution in [3.05, 3.63) is 0 Å². The van der Waals surface area contributed by atoms with Crippen molar-refractivity contribution in [3.8, 4) is 0 Å². The first kappa shape index (κ1) is 13.8. The molecule has 0 spiro atoms. The van der Waals surface area contributed by atoms with Crippen molar-refractivity contribution in [2.45, 2.75) is 64.2 Å². The maximum Gasteiger partial charge on any atom is 0.241 e. The van der Waals surface area contributed by atoms with Crippen molar-refractivity contribution in [2.75, 3.05) is 20.1 Å². The largest absolute Gasteiger partial charge is 0.321 e. The predicted octanol–water partition coefficient (Wildman–Crippen LogP) is 1.42.